The maximum Gasteiger partial charge on any atom is 0.137 e. The first kappa shape index (κ1) is 4.98. The highest BCUT2D eigenvalue weighted by atomic mass is 15.0. The van der Waals surface area contributed by atoms with Gasteiger partial charge in [0.05, 0.1) is 19.0 Å². The van der Waals surface area contributed by atoms with E-state index < -0.39 is 0 Å². The summed E-state index contributed by atoms with van der Waals surface area (Å²) in [6, 6.07) is 1.97. The molecule has 1 aliphatic heterocycles. The van der Waals surface area contributed by atoms with E-state index >= 15 is 0 Å². The number of amidine groups is 1. The van der Waals surface area contributed by atoms with Gasteiger partial charge in [0, 0.05) is 6.21 Å². The monoisotopic (exact) mass is 107 g/mol. The minimum atomic E-state index is 0.344. The van der Waals surface area contributed by atoms with Gasteiger partial charge in [0.2, 0.25) is 0 Å². The first-order valence-corrected chi connectivity index (χ1v) is 2.36. The largest absolute Gasteiger partial charge is 0.264 e. The van der Waals surface area contributed by atoms with Crippen LogP contribution in [0.15, 0.2) is 9.98 Å². The molecule has 0 aromatic rings. The standard InChI is InChI=1S/C5H5N3/c6-2-1-5-7-3-4-8-5/h3H,1,4H2. The van der Waals surface area contributed by atoms with Gasteiger partial charge in [0.1, 0.15) is 5.84 Å². The normalized spacial score (nSPS) is 15.6. The van der Waals surface area contributed by atoms with Crippen molar-refractivity contribution in [2.45, 2.75) is 6.42 Å². The average Bonchev–Trinajstić information content (AvgIpc) is 2.19. The average molecular weight is 107 g/mol. The fourth-order valence-electron chi connectivity index (χ4n) is 0.505. The Bertz CT molecular complexity index is 173. The second-order valence-corrected chi connectivity index (χ2v) is 1.40. The Hall–Kier alpha value is -1.17. The molecule has 0 spiro atoms. The zero-order valence-corrected chi connectivity index (χ0v) is 4.33. The maximum absolute atomic E-state index is 8.12. The van der Waals surface area contributed by atoms with E-state index in [0.717, 1.165) is 0 Å². The van der Waals surface area contributed by atoms with Gasteiger partial charge >= 0.3 is 0 Å². The summed E-state index contributed by atoms with van der Waals surface area (Å²) in [6.07, 6.45) is 2.04. The molecule has 0 N–H and O–H groups in total. The molecule has 0 radical (unpaired) electrons. The smallest absolute Gasteiger partial charge is 0.137 e. The molecule has 0 fully saturated rings. The van der Waals surface area contributed by atoms with E-state index in [4.69, 9.17) is 5.26 Å². The zero-order valence-electron chi connectivity index (χ0n) is 4.33. The molecular formula is C5H5N3. The summed E-state index contributed by atoms with van der Waals surface area (Å²) in [6.45, 7) is 0.650. The van der Waals surface area contributed by atoms with Crippen LogP contribution >= 0.6 is 0 Å². The highest BCUT2D eigenvalue weighted by Gasteiger charge is 1.96. The summed E-state index contributed by atoms with van der Waals surface area (Å²) in [5.41, 5.74) is 0. The molecule has 0 atom stereocenters. The van der Waals surface area contributed by atoms with E-state index in [9.17, 15) is 0 Å². The molecule has 1 rings (SSSR count). The fourth-order valence-corrected chi connectivity index (χ4v) is 0.505. The molecule has 0 saturated carbocycles. The minimum Gasteiger partial charge on any atom is -0.264 e. The van der Waals surface area contributed by atoms with Crippen LogP contribution in [0.2, 0.25) is 0 Å². The summed E-state index contributed by atoms with van der Waals surface area (Å²) in [7, 11) is 0. The van der Waals surface area contributed by atoms with E-state index in [2.05, 4.69) is 9.98 Å². The quantitative estimate of drug-likeness (QED) is 0.478. The molecule has 40 valence electrons. The lowest BCUT2D eigenvalue weighted by Crippen LogP contribution is -1.85. The summed E-state index contributed by atoms with van der Waals surface area (Å²) < 4.78 is 0. The van der Waals surface area contributed by atoms with Crippen LogP contribution in [0.3, 0.4) is 0 Å². The first-order chi connectivity index (χ1) is 3.93. The van der Waals surface area contributed by atoms with E-state index in [1.807, 2.05) is 6.07 Å². The van der Waals surface area contributed by atoms with Crippen molar-refractivity contribution in [1.29, 1.82) is 5.26 Å². The molecule has 0 aliphatic carbocycles. The lowest BCUT2D eigenvalue weighted by molar-refractivity contribution is 1.30. The minimum absolute atomic E-state index is 0.344. The summed E-state index contributed by atoms with van der Waals surface area (Å²) >= 11 is 0. The summed E-state index contributed by atoms with van der Waals surface area (Å²) in [5, 5.41) is 8.12. The molecule has 0 amide bonds. The van der Waals surface area contributed by atoms with Crippen LogP contribution in [0.4, 0.5) is 0 Å². The lowest BCUT2D eigenvalue weighted by Gasteiger charge is -1.79. The van der Waals surface area contributed by atoms with Gasteiger partial charge in [0.15, 0.2) is 0 Å². The Morgan fingerprint density at radius 1 is 1.88 bits per heavy atom. The van der Waals surface area contributed by atoms with Crippen molar-refractivity contribution < 1.29 is 0 Å². The Morgan fingerprint density at radius 2 is 2.75 bits per heavy atom. The van der Waals surface area contributed by atoms with Gasteiger partial charge in [-0.1, -0.05) is 0 Å². The predicted molar refractivity (Wildman–Crippen MR) is 31.0 cm³/mol. The SMILES string of the molecule is N#CCC1=NCC=N1. The molecule has 1 heterocycles. The van der Waals surface area contributed by atoms with E-state index in [1.54, 1.807) is 6.21 Å². The Morgan fingerprint density at radius 3 is 3.25 bits per heavy atom. The maximum atomic E-state index is 8.12. The summed E-state index contributed by atoms with van der Waals surface area (Å²) in [5.74, 6) is 0.660. The van der Waals surface area contributed by atoms with Crippen LogP contribution in [0.1, 0.15) is 6.42 Å². The molecule has 0 saturated heterocycles. The van der Waals surface area contributed by atoms with Crippen LogP contribution in [0.5, 0.6) is 0 Å². The number of rotatable bonds is 1. The molecule has 3 heteroatoms. The van der Waals surface area contributed by atoms with Crippen molar-refractivity contribution in [3.63, 3.8) is 0 Å². The van der Waals surface area contributed by atoms with Crippen LogP contribution < -0.4 is 0 Å². The highest BCUT2D eigenvalue weighted by molar-refractivity contribution is 5.95. The van der Waals surface area contributed by atoms with Gasteiger partial charge in [-0.15, -0.1) is 0 Å². The van der Waals surface area contributed by atoms with Gasteiger partial charge in [-0.05, 0) is 0 Å². The zero-order chi connectivity index (χ0) is 5.82. The third-order valence-corrected chi connectivity index (χ3v) is 0.833. The van der Waals surface area contributed by atoms with Crippen LogP contribution in [0.25, 0.3) is 0 Å². The van der Waals surface area contributed by atoms with Crippen molar-refractivity contribution in [3.8, 4) is 6.07 Å². The van der Waals surface area contributed by atoms with Gasteiger partial charge in [-0.2, -0.15) is 5.26 Å². The molecule has 0 aromatic heterocycles. The first-order valence-electron chi connectivity index (χ1n) is 2.36. The van der Waals surface area contributed by atoms with Crippen molar-refractivity contribution in [2.24, 2.45) is 9.98 Å². The van der Waals surface area contributed by atoms with Gasteiger partial charge in [-0.25, -0.2) is 4.99 Å². The molecule has 1 aliphatic rings. The molecule has 0 unspecified atom stereocenters. The van der Waals surface area contributed by atoms with E-state index in [0.29, 0.717) is 18.8 Å². The molecule has 0 aromatic carbocycles. The van der Waals surface area contributed by atoms with Crippen molar-refractivity contribution >= 4 is 12.1 Å². The molecule has 0 bridgehead atoms. The second-order valence-electron chi connectivity index (χ2n) is 1.40. The fraction of sp³-hybridized carbons (Fsp3) is 0.400. The third kappa shape index (κ3) is 0.909. The Balaban J connectivity index is 2.49. The molecule has 3 nitrogen and oxygen atoms in total. The van der Waals surface area contributed by atoms with Gasteiger partial charge in [0.25, 0.3) is 0 Å². The number of nitriles is 1. The predicted octanol–water partition coefficient (Wildman–Crippen LogP) is 0.383. The lowest BCUT2D eigenvalue weighted by atomic mass is 10.4. The number of nitrogens with zero attached hydrogens (tertiary/aromatic N) is 3. The van der Waals surface area contributed by atoms with Gasteiger partial charge in [-0.3, -0.25) is 4.99 Å². The summed E-state index contributed by atoms with van der Waals surface area (Å²) in [4.78, 5) is 7.73. The molecule has 8 heavy (non-hydrogen) atoms. The molecular weight excluding hydrogens is 102 g/mol. The third-order valence-electron chi connectivity index (χ3n) is 0.833. The van der Waals surface area contributed by atoms with Crippen molar-refractivity contribution in [1.82, 2.24) is 0 Å². The highest BCUT2D eigenvalue weighted by Crippen LogP contribution is 1.91. The number of hydrogen-bond acceptors (Lipinski definition) is 3. The topological polar surface area (TPSA) is 48.5 Å². The van der Waals surface area contributed by atoms with Gasteiger partial charge < -0.3 is 0 Å². The van der Waals surface area contributed by atoms with Crippen LogP contribution in [0, 0.1) is 11.3 Å². The number of hydrogen-bond donors (Lipinski definition) is 0. The van der Waals surface area contributed by atoms with Crippen molar-refractivity contribution in [2.75, 3.05) is 6.54 Å². The van der Waals surface area contributed by atoms with Crippen LogP contribution in [-0.2, 0) is 0 Å². The Kier molecular flexibility index (Phi) is 1.38. The number of aliphatic imine (C=N–C) groups is 2. The second kappa shape index (κ2) is 2.22. The Labute approximate surface area is 47.4 Å². The van der Waals surface area contributed by atoms with E-state index in [-0.39, 0.29) is 0 Å². The van der Waals surface area contributed by atoms with E-state index in [1.165, 1.54) is 0 Å². The van der Waals surface area contributed by atoms with Crippen LogP contribution in [-0.4, -0.2) is 18.6 Å². The van der Waals surface area contributed by atoms with Crippen molar-refractivity contribution in [3.05, 3.63) is 0 Å².